The van der Waals surface area contributed by atoms with Crippen molar-refractivity contribution in [3.8, 4) is 11.5 Å². The summed E-state index contributed by atoms with van der Waals surface area (Å²) in [6.45, 7) is 3.17. The zero-order chi connectivity index (χ0) is 29.4. The number of nitrogens with zero attached hydrogens (tertiary/aromatic N) is 7. The number of nitrogens with one attached hydrogen (secondary N) is 2. The van der Waals surface area contributed by atoms with Crippen LogP contribution in [-0.2, 0) is 18.8 Å². The SMILES string of the molecule is CNc1nccn2ncc(Oc3cnc4nc(Nc5cc6c(c(C(F)(F)F)c5)C(C)(C)N(C)C6=O)n(C)c4c3Cl)c12. The molecule has 1 aromatic carbocycles. The molecule has 1 aliphatic rings. The van der Waals surface area contributed by atoms with E-state index in [0.717, 1.165) is 6.07 Å². The molecule has 0 saturated carbocycles. The molecular weight excluding hydrogens is 563 g/mol. The van der Waals surface area contributed by atoms with Crippen molar-refractivity contribution in [1.29, 1.82) is 0 Å². The molecule has 212 valence electrons. The number of anilines is 3. The fourth-order valence-corrected chi connectivity index (χ4v) is 5.38. The summed E-state index contributed by atoms with van der Waals surface area (Å²) in [6.07, 6.45) is 1.48. The zero-order valence-corrected chi connectivity index (χ0v) is 23.2. The van der Waals surface area contributed by atoms with Crippen molar-refractivity contribution in [3.05, 3.63) is 58.6 Å². The van der Waals surface area contributed by atoms with Gasteiger partial charge in [-0.05, 0) is 26.0 Å². The van der Waals surface area contributed by atoms with Crippen LogP contribution in [0.25, 0.3) is 16.7 Å². The second-order valence-electron chi connectivity index (χ2n) is 10.0. The Kier molecular flexibility index (Phi) is 5.82. The topological polar surface area (TPSA) is 114 Å². The normalized spacial score (nSPS) is 14.7. The molecule has 0 saturated heterocycles. The quantitative estimate of drug-likeness (QED) is 0.275. The molecule has 0 aliphatic carbocycles. The minimum Gasteiger partial charge on any atom is -0.450 e. The smallest absolute Gasteiger partial charge is 0.416 e. The van der Waals surface area contributed by atoms with Gasteiger partial charge in [0.25, 0.3) is 5.91 Å². The Morgan fingerprint density at radius 1 is 1.07 bits per heavy atom. The standard InChI is InChI=1S/C26H23ClF3N9O2/c1-25(2)17-13(23(40)38(25)5)8-12(9-14(17)26(28,29)30)35-24-36-22-20(37(24)4)18(27)15(10-33-22)41-16-11-34-39-7-6-32-21(31-3)19(16)39/h6-11H,1-5H3,(H,31,32)(H,33,35,36). The van der Waals surface area contributed by atoms with Crippen LogP contribution in [0.3, 0.4) is 0 Å². The molecule has 41 heavy (non-hydrogen) atoms. The highest BCUT2D eigenvalue weighted by Gasteiger charge is 2.48. The van der Waals surface area contributed by atoms with Crippen molar-refractivity contribution >= 4 is 51.6 Å². The molecule has 5 heterocycles. The third kappa shape index (κ3) is 4.00. The summed E-state index contributed by atoms with van der Waals surface area (Å²) in [4.78, 5) is 27.2. The Morgan fingerprint density at radius 3 is 2.54 bits per heavy atom. The maximum Gasteiger partial charge on any atom is 0.416 e. The monoisotopic (exact) mass is 585 g/mol. The highest BCUT2D eigenvalue weighted by Crippen LogP contribution is 2.47. The van der Waals surface area contributed by atoms with Crippen LogP contribution >= 0.6 is 11.6 Å². The fourth-order valence-electron chi connectivity index (χ4n) is 5.09. The molecule has 0 fully saturated rings. The van der Waals surface area contributed by atoms with Crippen LogP contribution in [0.15, 0.2) is 36.9 Å². The third-order valence-electron chi connectivity index (χ3n) is 7.34. The lowest BCUT2D eigenvalue weighted by atomic mass is 9.88. The molecule has 0 bridgehead atoms. The predicted molar refractivity (Wildman–Crippen MR) is 146 cm³/mol. The van der Waals surface area contributed by atoms with E-state index in [9.17, 15) is 18.0 Å². The van der Waals surface area contributed by atoms with Crippen molar-refractivity contribution in [1.82, 2.24) is 34.0 Å². The molecule has 0 spiro atoms. The minimum absolute atomic E-state index is 0.0238. The summed E-state index contributed by atoms with van der Waals surface area (Å²) in [5, 5.41) is 10.3. The summed E-state index contributed by atoms with van der Waals surface area (Å²) in [5.74, 6) is 0.789. The first kappa shape index (κ1) is 26.6. The molecule has 0 atom stereocenters. The average molecular weight is 586 g/mol. The Morgan fingerprint density at radius 2 is 1.83 bits per heavy atom. The van der Waals surface area contributed by atoms with Crippen LogP contribution in [0.4, 0.5) is 30.6 Å². The fraction of sp³-hybridized carbons (Fsp3) is 0.269. The summed E-state index contributed by atoms with van der Waals surface area (Å²) < 4.78 is 51.7. The molecule has 11 nitrogen and oxygen atoms in total. The number of pyridine rings is 1. The van der Waals surface area contributed by atoms with Crippen LogP contribution in [0, 0.1) is 0 Å². The van der Waals surface area contributed by atoms with E-state index >= 15 is 0 Å². The number of benzene rings is 1. The number of hydrogen-bond acceptors (Lipinski definition) is 8. The van der Waals surface area contributed by atoms with E-state index in [-0.39, 0.29) is 39.2 Å². The van der Waals surface area contributed by atoms with Gasteiger partial charge in [-0.1, -0.05) is 11.6 Å². The van der Waals surface area contributed by atoms with Gasteiger partial charge in [-0.15, -0.1) is 0 Å². The maximum atomic E-state index is 14.2. The number of ether oxygens (including phenoxy) is 1. The Hall–Kier alpha value is -4.59. The number of aryl methyl sites for hydroxylation is 1. The van der Waals surface area contributed by atoms with Crippen molar-refractivity contribution in [2.75, 3.05) is 24.7 Å². The summed E-state index contributed by atoms with van der Waals surface area (Å²) in [6, 6.07) is 2.38. The van der Waals surface area contributed by atoms with Gasteiger partial charge in [0.2, 0.25) is 5.95 Å². The summed E-state index contributed by atoms with van der Waals surface area (Å²) in [5.41, 5.74) is -0.878. The number of carbonyl (C=O) groups excluding carboxylic acids is 1. The number of hydrogen-bond donors (Lipinski definition) is 2. The van der Waals surface area contributed by atoms with Gasteiger partial charge >= 0.3 is 6.18 Å². The van der Waals surface area contributed by atoms with E-state index in [1.165, 1.54) is 30.4 Å². The highest BCUT2D eigenvalue weighted by atomic mass is 35.5. The molecule has 6 rings (SSSR count). The number of imidazole rings is 1. The third-order valence-corrected chi connectivity index (χ3v) is 7.71. The Bertz CT molecular complexity index is 1880. The average Bonchev–Trinajstić information content (AvgIpc) is 3.53. The largest absolute Gasteiger partial charge is 0.450 e. The van der Waals surface area contributed by atoms with Gasteiger partial charge in [0.15, 0.2) is 28.5 Å². The first-order chi connectivity index (χ1) is 19.3. The van der Waals surface area contributed by atoms with Crippen molar-refractivity contribution in [3.63, 3.8) is 0 Å². The molecule has 2 N–H and O–H groups in total. The van der Waals surface area contributed by atoms with Gasteiger partial charge in [0.05, 0.1) is 23.5 Å². The van der Waals surface area contributed by atoms with Crippen molar-refractivity contribution in [2.45, 2.75) is 25.6 Å². The van der Waals surface area contributed by atoms with Gasteiger partial charge in [-0.2, -0.15) is 23.3 Å². The van der Waals surface area contributed by atoms with E-state index in [2.05, 4.69) is 30.7 Å². The van der Waals surface area contributed by atoms with Gasteiger partial charge in [-0.3, -0.25) is 4.79 Å². The first-order valence-electron chi connectivity index (χ1n) is 12.3. The van der Waals surface area contributed by atoms with E-state index in [4.69, 9.17) is 16.3 Å². The molecule has 1 amide bonds. The molecule has 1 aliphatic heterocycles. The van der Waals surface area contributed by atoms with Gasteiger partial charge in [0, 0.05) is 50.4 Å². The predicted octanol–water partition coefficient (Wildman–Crippen LogP) is 5.58. The number of rotatable bonds is 5. The van der Waals surface area contributed by atoms with E-state index in [1.54, 1.807) is 49.4 Å². The zero-order valence-electron chi connectivity index (χ0n) is 22.4. The first-order valence-corrected chi connectivity index (χ1v) is 12.7. The maximum absolute atomic E-state index is 14.2. The van der Waals surface area contributed by atoms with Crippen molar-refractivity contribution < 1.29 is 22.7 Å². The number of amides is 1. The number of halogens is 4. The second kappa shape index (κ2) is 8.96. The van der Waals surface area contributed by atoms with E-state index in [1.807, 2.05) is 0 Å². The van der Waals surface area contributed by atoms with Gasteiger partial charge in [-0.25, -0.2) is 14.5 Å². The van der Waals surface area contributed by atoms with E-state index < -0.39 is 23.2 Å². The Balaban J connectivity index is 1.40. The minimum atomic E-state index is -4.69. The lowest BCUT2D eigenvalue weighted by Crippen LogP contribution is -2.36. The van der Waals surface area contributed by atoms with Crippen LogP contribution in [-0.4, -0.2) is 54.0 Å². The summed E-state index contributed by atoms with van der Waals surface area (Å²) in [7, 11) is 4.84. The highest BCUT2D eigenvalue weighted by molar-refractivity contribution is 6.36. The van der Waals surface area contributed by atoms with Gasteiger partial charge in [0.1, 0.15) is 10.5 Å². The molecule has 0 unspecified atom stereocenters. The number of aromatic nitrogens is 6. The van der Waals surface area contributed by atoms with Crippen LogP contribution in [0.1, 0.15) is 35.3 Å². The molecule has 4 aromatic heterocycles. The Labute approximate surface area is 235 Å². The van der Waals surface area contributed by atoms with E-state index in [0.29, 0.717) is 22.6 Å². The van der Waals surface area contributed by atoms with Crippen LogP contribution < -0.4 is 15.4 Å². The summed E-state index contributed by atoms with van der Waals surface area (Å²) >= 11 is 6.72. The van der Waals surface area contributed by atoms with Crippen molar-refractivity contribution in [2.24, 2.45) is 7.05 Å². The van der Waals surface area contributed by atoms with Crippen LogP contribution in [0.2, 0.25) is 5.02 Å². The lowest BCUT2D eigenvalue weighted by molar-refractivity contribution is -0.139. The number of alkyl halides is 3. The number of carbonyl (C=O) groups is 1. The molecule has 5 aromatic rings. The number of fused-ring (bicyclic) bond motifs is 3. The molecular formula is C26H23ClF3N9O2. The lowest BCUT2D eigenvalue weighted by Gasteiger charge is -2.30. The second-order valence-corrected chi connectivity index (χ2v) is 10.4. The molecule has 15 heteroatoms. The van der Waals surface area contributed by atoms with Crippen LogP contribution in [0.5, 0.6) is 11.5 Å². The van der Waals surface area contributed by atoms with Gasteiger partial charge < -0.3 is 24.8 Å². The molecule has 0 radical (unpaired) electrons.